The molecule has 0 bridgehead atoms. The second-order valence-corrected chi connectivity index (χ2v) is 7.93. The zero-order valence-electron chi connectivity index (χ0n) is 12.4. The van der Waals surface area contributed by atoms with E-state index in [-0.39, 0.29) is 0 Å². The summed E-state index contributed by atoms with van der Waals surface area (Å²) in [7, 11) is -1.89. The van der Waals surface area contributed by atoms with Gasteiger partial charge in [0, 0.05) is 11.1 Å². The molecule has 2 aromatic carbocycles. The van der Waals surface area contributed by atoms with E-state index in [1.807, 2.05) is 12.1 Å². The van der Waals surface area contributed by atoms with E-state index in [1.165, 1.54) is 11.1 Å². The Kier molecular flexibility index (Phi) is 5.56. The minimum Gasteiger partial charge on any atom is -0.433 e. The summed E-state index contributed by atoms with van der Waals surface area (Å²) >= 11 is 0. The summed E-state index contributed by atoms with van der Waals surface area (Å²) in [4.78, 5) is 11.0. The Hall–Kier alpha value is -1.38. The predicted molar refractivity (Wildman–Crippen MR) is 88.3 cm³/mol. The topological polar surface area (TPSA) is 20.2 Å². The van der Waals surface area contributed by atoms with Crippen molar-refractivity contribution in [3.05, 3.63) is 71.8 Å². The molecule has 0 fully saturated rings. The summed E-state index contributed by atoms with van der Waals surface area (Å²) in [5, 5.41) is 0. The van der Waals surface area contributed by atoms with Crippen molar-refractivity contribution in [2.24, 2.45) is 0 Å². The van der Waals surface area contributed by atoms with Gasteiger partial charge in [0.25, 0.3) is 0 Å². The van der Waals surface area contributed by atoms with Gasteiger partial charge in [0.1, 0.15) is 0 Å². The number of benzene rings is 2. The smallest absolute Gasteiger partial charge is 0.187 e. The van der Waals surface area contributed by atoms with E-state index >= 15 is 0 Å². The van der Waals surface area contributed by atoms with Crippen LogP contribution in [0.1, 0.15) is 48.9 Å². The maximum Gasteiger partial charge on any atom is 0.187 e. The van der Waals surface area contributed by atoms with Crippen LogP contribution in [-0.4, -0.2) is 13.8 Å². The van der Waals surface area contributed by atoms with Crippen molar-refractivity contribution in [2.75, 3.05) is 0 Å². The third kappa shape index (κ3) is 3.38. The summed E-state index contributed by atoms with van der Waals surface area (Å²) in [6.45, 7) is 4.37. The summed E-state index contributed by atoms with van der Waals surface area (Å²) in [6, 6.07) is 21.0. The van der Waals surface area contributed by atoms with Gasteiger partial charge >= 0.3 is 0 Å². The highest BCUT2D eigenvalue weighted by molar-refractivity contribution is 6.54. The van der Waals surface area contributed by atoms with Crippen LogP contribution in [0.3, 0.4) is 0 Å². The SMILES string of the molecule is CCC(c1ccccc1)[SiH](O)C(CC)c1ccccc1. The number of hydrogen-bond donors (Lipinski definition) is 1. The predicted octanol–water partition coefficient (Wildman–Crippen LogP) is 4.17. The Labute approximate surface area is 124 Å². The van der Waals surface area contributed by atoms with Crippen LogP contribution in [0.2, 0.25) is 0 Å². The monoisotopic (exact) mass is 284 g/mol. The van der Waals surface area contributed by atoms with Gasteiger partial charge in [-0.05, 0) is 24.0 Å². The van der Waals surface area contributed by atoms with Crippen molar-refractivity contribution in [2.45, 2.75) is 37.8 Å². The van der Waals surface area contributed by atoms with E-state index in [9.17, 15) is 4.80 Å². The molecule has 0 aliphatic heterocycles. The lowest BCUT2D eigenvalue weighted by Gasteiger charge is -2.27. The molecule has 2 rings (SSSR count). The maximum absolute atomic E-state index is 11.0. The van der Waals surface area contributed by atoms with Crippen LogP contribution in [0.25, 0.3) is 0 Å². The summed E-state index contributed by atoms with van der Waals surface area (Å²) < 4.78 is 0. The minimum absolute atomic E-state index is 0.335. The molecule has 2 unspecified atom stereocenters. The van der Waals surface area contributed by atoms with Crippen molar-refractivity contribution in [1.29, 1.82) is 0 Å². The van der Waals surface area contributed by atoms with Crippen molar-refractivity contribution in [3.8, 4) is 0 Å². The lowest BCUT2D eigenvalue weighted by molar-refractivity contribution is 0.514. The van der Waals surface area contributed by atoms with Gasteiger partial charge in [0.05, 0.1) is 0 Å². The molecule has 2 heteroatoms. The van der Waals surface area contributed by atoms with Crippen LogP contribution >= 0.6 is 0 Å². The molecule has 0 amide bonds. The van der Waals surface area contributed by atoms with Gasteiger partial charge < -0.3 is 4.80 Å². The molecule has 0 spiro atoms. The molecule has 106 valence electrons. The molecule has 2 atom stereocenters. The Morgan fingerprint density at radius 1 is 0.750 bits per heavy atom. The van der Waals surface area contributed by atoms with Crippen LogP contribution in [-0.2, 0) is 0 Å². The second-order valence-electron chi connectivity index (χ2n) is 5.34. The zero-order valence-corrected chi connectivity index (χ0v) is 13.5. The molecular formula is C18H24OSi. The van der Waals surface area contributed by atoms with Gasteiger partial charge in [-0.15, -0.1) is 0 Å². The van der Waals surface area contributed by atoms with Gasteiger partial charge in [0.15, 0.2) is 9.04 Å². The molecule has 0 aliphatic carbocycles. The second kappa shape index (κ2) is 7.41. The molecule has 1 N–H and O–H groups in total. The van der Waals surface area contributed by atoms with E-state index < -0.39 is 9.04 Å². The average molecular weight is 284 g/mol. The van der Waals surface area contributed by atoms with Gasteiger partial charge in [-0.3, -0.25) is 0 Å². The van der Waals surface area contributed by atoms with Crippen LogP contribution in [0.15, 0.2) is 60.7 Å². The lowest BCUT2D eigenvalue weighted by Crippen LogP contribution is -2.31. The molecular weight excluding hydrogens is 260 g/mol. The third-order valence-corrected chi connectivity index (χ3v) is 7.52. The van der Waals surface area contributed by atoms with E-state index in [0.717, 1.165) is 12.8 Å². The molecule has 0 radical (unpaired) electrons. The molecule has 0 saturated carbocycles. The van der Waals surface area contributed by atoms with Gasteiger partial charge in [-0.1, -0.05) is 74.5 Å². The standard InChI is InChI=1S/C18H24OSi/c1-3-17(15-11-7-5-8-12-15)20(19)18(4-2)16-13-9-6-10-14-16/h5-14,17-20H,3-4H2,1-2H3. The molecule has 0 heterocycles. The fourth-order valence-corrected chi connectivity index (χ4v) is 5.79. The Morgan fingerprint density at radius 2 is 1.10 bits per heavy atom. The van der Waals surface area contributed by atoms with Crippen molar-refractivity contribution in [1.82, 2.24) is 0 Å². The minimum atomic E-state index is -1.89. The molecule has 2 aromatic rings. The first-order chi connectivity index (χ1) is 9.77. The normalized spacial score (nSPS) is 15.6. The van der Waals surface area contributed by atoms with E-state index in [1.54, 1.807) is 0 Å². The quantitative estimate of drug-likeness (QED) is 0.789. The zero-order chi connectivity index (χ0) is 14.4. The summed E-state index contributed by atoms with van der Waals surface area (Å²) in [5.74, 6) is 0. The highest BCUT2D eigenvalue weighted by atomic mass is 28.3. The fraction of sp³-hybridized carbons (Fsp3) is 0.333. The molecule has 1 nitrogen and oxygen atoms in total. The third-order valence-electron chi connectivity index (χ3n) is 4.16. The van der Waals surface area contributed by atoms with Crippen molar-refractivity contribution in [3.63, 3.8) is 0 Å². The van der Waals surface area contributed by atoms with Crippen LogP contribution < -0.4 is 0 Å². The van der Waals surface area contributed by atoms with Crippen molar-refractivity contribution >= 4 is 9.04 Å². The Balaban J connectivity index is 2.25. The summed E-state index contributed by atoms with van der Waals surface area (Å²) in [6.07, 6.45) is 2.03. The largest absolute Gasteiger partial charge is 0.433 e. The molecule has 0 aliphatic rings. The highest BCUT2D eigenvalue weighted by Crippen LogP contribution is 2.31. The highest BCUT2D eigenvalue weighted by Gasteiger charge is 2.29. The maximum atomic E-state index is 11.0. The first-order valence-electron chi connectivity index (χ1n) is 7.55. The fourth-order valence-electron chi connectivity index (χ4n) is 3.03. The molecule has 20 heavy (non-hydrogen) atoms. The molecule has 0 aromatic heterocycles. The van der Waals surface area contributed by atoms with Gasteiger partial charge in [-0.25, -0.2) is 0 Å². The first-order valence-corrected chi connectivity index (χ1v) is 9.40. The lowest BCUT2D eigenvalue weighted by atomic mass is 10.1. The van der Waals surface area contributed by atoms with Gasteiger partial charge in [0.2, 0.25) is 0 Å². The summed E-state index contributed by atoms with van der Waals surface area (Å²) in [5.41, 5.74) is 3.26. The van der Waals surface area contributed by atoms with Gasteiger partial charge in [-0.2, -0.15) is 0 Å². The number of rotatable bonds is 6. The van der Waals surface area contributed by atoms with E-state index in [4.69, 9.17) is 0 Å². The Morgan fingerprint density at radius 3 is 1.40 bits per heavy atom. The number of hydrogen-bond acceptors (Lipinski definition) is 1. The molecule has 0 saturated heterocycles. The first kappa shape index (κ1) is 15.0. The van der Waals surface area contributed by atoms with Crippen molar-refractivity contribution < 1.29 is 4.80 Å². The van der Waals surface area contributed by atoms with Crippen LogP contribution in [0.4, 0.5) is 0 Å². The van der Waals surface area contributed by atoms with Crippen LogP contribution in [0.5, 0.6) is 0 Å². The average Bonchev–Trinajstić information content (AvgIpc) is 2.51. The Bertz CT molecular complexity index is 450. The van der Waals surface area contributed by atoms with E-state index in [0.29, 0.717) is 11.1 Å². The van der Waals surface area contributed by atoms with E-state index in [2.05, 4.69) is 62.4 Å². The van der Waals surface area contributed by atoms with Crippen LogP contribution in [0, 0.1) is 0 Å².